The van der Waals surface area contributed by atoms with Crippen LogP contribution in [0.25, 0.3) is 0 Å². The van der Waals surface area contributed by atoms with E-state index >= 15 is 0 Å². The molecule has 0 heterocycles. The van der Waals surface area contributed by atoms with Crippen molar-refractivity contribution in [1.82, 2.24) is 5.32 Å². The highest BCUT2D eigenvalue weighted by Gasteiger charge is 2.20. The summed E-state index contributed by atoms with van der Waals surface area (Å²) in [6.07, 6.45) is 1.72. The Hall–Kier alpha value is -1.75. The summed E-state index contributed by atoms with van der Waals surface area (Å²) in [5.74, 6) is -0.796. The van der Waals surface area contributed by atoms with Crippen molar-refractivity contribution in [1.29, 1.82) is 0 Å². The van der Waals surface area contributed by atoms with Gasteiger partial charge in [0.25, 0.3) is 0 Å². The Balaban J connectivity index is 2.49. The minimum Gasteiger partial charge on any atom is -0.481 e. The fraction of sp³-hybridized carbons (Fsp3) is 0.286. The Labute approximate surface area is 116 Å². The molecule has 102 valence electrons. The van der Waals surface area contributed by atoms with Crippen molar-refractivity contribution in [3.05, 3.63) is 48.6 Å². The summed E-state index contributed by atoms with van der Waals surface area (Å²) in [4.78, 5) is 22.7. The molecule has 5 heteroatoms. The van der Waals surface area contributed by atoms with Gasteiger partial charge in [-0.25, -0.2) is 0 Å². The number of benzene rings is 1. The van der Waals surface area contributed by atoms with Crippen LogP contribution >= 0.6 is 11.8 Å². The normalized spacial score (nSPS) is 11.6. The van der Waals surface area contributed by atoms with Crippen LogP contribution in [0, 0.1) is 0 Å². The van der Waals surface area contributed by atoms with E-state index in [9.17, 15) is 14.7 Å². The maximum absolute atomic E-state index is 11.5. The van der Waals surface area contributed by atoms with Gasteiger partial charge in [0.1, 0.15) is 0 Å². The summed E-state index contributed by atoms with van der Waals surface area (Å²) in [6.45, 7) is 3.67. The molecule has 0 saturated heterocycles. The van der Waals surface area contributed by atoms with Crippen LogP contribution in [0.2, 0.25) is 0 Å². The average Bonchev–Trinajstić information content (AvgIpc) is 2.40. The molecule has 1 unspecified atom stereocenters. The Morgan fingerprint density at radius 3 is 2.63 bits per heavy atom. The minimum absolute atomic E-state index is 0.104. The van der Waals surface area contributed by atoms with Gasteiger partial charge in [-0.2, -0.15) is 0 Å². The molecular formula is C14H17NO3S. The minimum atomic E-state index is -0.940. The first-order valence-corrected chi connectivity index (χ1v) is 7.03. The zero-order valence-electron chi connectivity index (χ0n) is 10.5. The second-order valence-electron chi connectivity index (χ2n) is 3.91. The molecule has 1 amide bonds. The third kappa shape index (κ3) is 5.61. The molecule has 0 aromatic heterocycles. The Morgan fingerprint density at radius 2 is 2.05 bits per heavy atom. The van der Waals surface area contributed by atoms with E-state index in [1.807, 2.05) is 6.07 Å². The van der Waals surface area contributed by atoms with E-state index in [2.05, 4.69) is 11.9 Å². The van der Waals surface area contributed by atoms with Crippen LogP contribution in [0.15, 0.2) is 43.0 Å². The van der Waals surface area contributed by atoms with E-state index in [0.29, 0.717) is 17.1 Å². The predicted octanol–water partition coefficient (Wildman–Crippen LogP) is 1.89. The molecule has 0 bridgehead atoms. The van der Waals surface area contributed by atoms with Crippen molar-refractivity contribution in [2.75, 3.05) is 18.1 Å². The van der Waals surface area contributed by atoms with Crippen molar-refractivity contribution in [2.45, 2.75) is 5.92 Å². The van der Waals surface area contributed by atoms with E-state index in [1.165, 1.54) is 11.8 Å². The van der Waals surface area contributed by atoms with Gasteiger partial charge in [0.15, 0.2) is 0 Å². The first kappa shape index (κ1) is 15.3. The number of hydrogen-bond acceptors (Lipinski definition) is 3. The third-order valence-electron chi connectivity index (χ3n) is 2.47. The molecule has 2 N–H and O–H groups in total. The lowest BCUT2D eigenvalue weighted by Gasteiger charge is -2.13. The number of thioether (sulfide) groups is 1. The van der Waals surface area contributed by atoms with Crippen molar-refractivity contribution in [3.8, 4) is 0 Å². The number of nitrogens with one attached hydrogen (secondary N) is 1. The monoisotopic (exact) mass is 279 g/mol. The lowest BCUT2D eigenvalue weighted by Crippen LogP contribution is -2.32. The maximum Gasteiger partial charge on any atom is 0.312 e. The van der Waals surface area contributed by atoms with Gasteiger partial charge in [-0.3, -0.25) is 9.59 Å². The summed E-state index contributed by atoms with van der Waals surface area (Å²) >= 11 is 1.44. The number of carboxylic acids is 1. The van der Waals surface area contributed by atoms with E-state index < -0.39 is 11.9 Å². The molecular weight excluding hydrogens is 262 g/mol. The molecule has 0 aliphatic heterocycles. The van der Waals surface area contributed by atoms with Gasteiger partial charge < -0.3 is 10.4 Å². The quantitative estimate of drug-likeness (QED) is 0.563. The predicted molar refractivity (Wildman–Crippen MR) is 77.4 cm³/mol. The second kappa shape index (κ2) is 8.37. The van der Waals surface area contributed by atoms with Crippen LogP contribution in [0.3, 0.4) is 0 Å². The van der Waals surface area contributed by atoms with Crippen molar-refractivity contribution < 1.29 is 14.7 Å². The first-order chi connectivity index (χ1) is 9.15. The van der Waals surface area contributed by atoms with Crippen molar-refractivity contribution in [3.63, 3.8) is 0 Å². The third-order valence-corrected chi connectivity index (χ3v) is 3.41. The number of rotatable bonds is 8. The molecule has 4 nitrogen and oxygen atoms in total. The topological polar surface area (TPSA) is 66.4 Å². The molecule has 0 saturated carbocycles. The lowest BCUT2D eigenvalue weighted by atomic mass is 9.99. The number of amides is 1. The Kier molecular flexibility index (Phi) is 6.74. The largest absolute Gasteiger partial charge is 0.481 e. The molecule has 0 spiro atoms. The van der Waals surface area contributed by atoms with Crippen LogP contribution in [0.5, 0.6) is 0 Å². The summed E-state index contributed by atoms with van der Waals surface area (Å²) < 4.78 is 0. The summed E-state index contributed by atoms with van der Waals surface area (Å²) in [5.41, 5.74) is 0.689. The number of carboxylic acid groups (broad SMARTS) is 1. The fourth-order valence-corrected chi connectivity index (χ4v) is 2.11. The summed E-state index contributed by atoms with van der Waals surface area (Å²) in [6, 6.07) is 8.89. The molecule has 0 aliphatic carbocycles. The van der Waals surface area contributed by atoms with Crippen molar-refractivity contribution in [2.24, 2.45) is 0 Å². The smallest absolute Gasteiger partial charge is 0.312 e. The summed E-state index contributed by atoms with van der Waals surface area (Å²) in [5, 5.41) is 11.8. The molecule has 1 rings (SSSR count). The molecule has 1 aromatic carbocycles. The van der Waals surface area contributed by atoms with E-state index in [-0.39, 0.29) is 12.5 Å². The molecule has 0 radical (unpaired) electrons. The average molecular weight is 279 g/mol. The SMILES string of the molecule is C=CCSCC(=O)NCC(C(=O)O)c1ccccc1. The highest BCUT2D eigenvalue weighted by molar-refractivity contribution is 8.00. The van der Waals surface area contributed by atoms with Crippen LogP contribution in [-0.4, -0.2) is 35.0 Å². The zero-order valence-corrected chi connectivity index (χ0v) is 11.4. The highest BCUT2D eigenvalue weighted by Crippen LogP contribution is 2.14. The number of hydrogen-bond donors (Lipinski definition) is 2. The number of carbonyl (C=O) groups excluding carboxylic acids is 1. The lowest BCUT2D eigenvalue weighted by molar-refractivity contribution is -0.138. The zero-order chi connectivity index (χ0) is 14.1. The van der Waals surface area contributed by atoms with Crippen molar-refractivity contribution >= 4 is 23.6 Å². The number of carbonyl (C=O) groups is 2. The molecule has 1 aromatic rings. The van der Waals surface area contributed by atoms with Gasteiger partial charge in [0.2, 0.25) is 5.91 Å². The van der Waals surface area contributed by atoms with Crippen LogP contribution in [0.1, 0.15) is 11.5 Å². The van der Waals surface area contributed by atoms with Gasteiger partial charge >= 0.3 is 5.97 Å². The van der Waals surface area contributed by atoms with Gasteiger partial charge in [-0.1, -0.05) is 36.4 Å². The van der Waals surface area contributed by atoms with Gasteiger partial charge in [-0.05, 0) is 5.56 Å². The van der Waals surface area contributed by atoms with E-state index in [4.69, 9.17) is 0 Å². The van der Waals surface area contributed by atoms with E-state index in [0.717, 1.165) is 0 Å². The second-order valence-corrected chi connectivity index (χ2v) is 4.94. The first-order valence-electron chi connectivity index (χ1n) is 5.88. The van der Waals surface area contributed by atoms with Crippen LogP contribution in [0.4, 0.5) is 0 Å². The Bertz CT molecular complexity index is 434. The summed E-state index contributed by atoms with van der Waals surface area (Å²) in [7, 11) is 0. The fourth-order valence-electron chi connectivity index (χ4n) is 1.53. The molecule has 0 aliphatic rings. The number of aliphatic carboxylic acids is 1. The standard InChI is InChI=1S/C14H17NO3S/c1-2-8-19-10-13(16)15-9-12(14(17)18)11-6-4-3-5-7-11/h2-7,12H,1,8-10H2,(H,15,16)(H,17,18). The van der Waals surface area contributed by atoms with Crippen LogP contribution in [-0.2, 0) is 9.59 Å². The van der Waals surface area contributed by atoms with Gasteiger partial charge in [0, 0.05) is 12.3 Å². The highest BCUT2D eigenvalue weighted by atomic mass is 32.2. The van der Waals surface area contributed by atoms with Gasteiger partial charge in [0.05, 0.1) is 11.7 Å². The molecule has 1 atom stereocenters. The molecule has 0 fully saturated rings. The van der Waals surface area contributed by atoms with Gasteiger partial charge in [-0.15, -0.1) is 18.3 Å². The Morgan fingerprint density at radius 1 is 1.37 bits per heavy atom. The molecule has 19 heavy (non-hydrogen) atoms. The maximum atomic E-state index is 11.5. The van der Waals surface area contributed by atoms with E-state index in [1.54, 1.807) is 30.3 Å². The van der Waals surface area contributed by atoms with Crippen LogP contribution < -0.4 is 5.32 Å².